The smallest absolute Gasteiger partial charge is 0.204 e. The number of rotatable bonds is 3. The Hall–Kier alpha value is -3.15. The Balaban J connectivity index is 1.92. The van der Waals surface area contributed by atoms with Crippen molar-refractivity contribution in [2.75, 3.05) is 6.61 Å². The first-order chi connectivity index (χ1) is 14.7. The van der Waals surface area contributed by atoms with E-state index in [9.17, 15) is 40.5 Å². The molecule has 0 unspecified atom stereocenters. The van der Waals surface area contributed by atoms with Crippen molar-refractivity contribution in [1.29, 1.82) is 0 Å². The van der Waals surface area contributed by atoms with Crippen molar-refractivity contribution in [2.24, 2.45) is 0 Å². The van der Waals surface area contributed by atoms with Gasteiger partial charge in [-0.05, 0) is 17.7 Å². The van der Waals surface area contributed by atoms with E-state index in [0.29, 0.717) is 5.56 Å². The topological polar surface area (TPSA) is 181 Å². The lowest BCUT2D eigenvalue weighted by atomic mass is 9.89. The average molecular weight is 432 g/mol. The second-order valence-corrected chi connectivity index (χ2v) is 7.31. The van der Waals surface area contributed by atoms with E-state index in [1.165, 1.54) is 24.3 Å². The van der Waals surface area contributed by atoms with Crippen molar-refractivity contribution in [1.82, 2.24) is 0 Å². The van der Waals surface area contributed by atoms with Crippen molar-refractivity contribution in [3.8, 4) is 28.4 Å². The van der Waals surface area contributed by atoms with Crippen LogP contribution in [0.1, 0.15) is 11.7 Å². The van der Waals surface area contributed by atoms with E-state index in [4.69, 9.17) is 9.15 Å². The highest BCUT2D eigenvalue weighted by Gasteiger charge is 2.46. The predicted molar refractivity (Wildman–Crippen MR) is 106 cm³/mol. The number of aliphatic hydroxyl groups excluding tert-OH is 4. The third-order valence-electron chi connectivity index (χ3n) is 5.40. The molecular formula is C21H20O10. The molecule has 0 saturated carbocycles. The molecule has 1 aliphatic rings. The van der Waals surface area contributed by atoms with Crippen LogP contribution >= 0.6 is 0 Å². The molecule has 1 fully saturated rings. The highest BCUT2D eigenvalue weighted by Crippen LogP contribution is 2.43. The first-order valence-corrected chi connectivity index (χ1v) is 9.34. The van der Waals surface area contributed by atoms with Crippen LogP contribution in [0, 0.1) is 0 Å². The number of aliphatic hydroxyl groups is 4. The highest BCUT2D eigenvalue weighted by molar-refractivity contribution is 5.91. The fraction of sp³-hybridized carbons (Fsp3) is 0.286. The van der Waals surface area contributed by atoms with E-state index in [1.807, 2.05) is 0 Å². The molecule has 2 aromatic carbocycles. The van der Waals surface area contributed by atoms with Crippen LogP contribution in [0.2, 0.25) is 0 Å². The lowest BCUT2D eigenvalue weighted by Gasteiger charge is -2.40. The van der Waals surface area contributed by atoms with Crippen LogP contribution in [0.25, 0.3) is 22.1 Å². The third-order valence-corrected chi connectivity index (χ3v) is 5.40. The fourth-order valence-electron chi connectivity index (χ4n) is 3.75. The quantitative estimate of drug-likeness (QED) is 0.300. The van der Waals surface area contributed by atoms with E-state index in [2.05, 4.69) is 0 Å². The van der Waals surface area contributed by atoms with Crippen LogP contribution < -0.4 is 5.43 Å². The zero-order valence-electron chi connectivity index (χ0n) is 15.9. The van der Waals surface area contributed by atoms with Gasteiger partial charge in [0.25, 0.3) is 0 Å². The number of ether oxygens (including phenoxy) is 1. The Labute approximate surface area is 174 Å². The second-order valence-electron chi connectivity index (χ2n) is 7.31. The normalized spacial score (nSPS) is 26.3. The molecule has 4 rings (SSSR count). The van der Waals surface area contributed by atoms with Gasteiger partial charge in [0.05, 0.1) is 17.7 Å². The first kappa shape index (κ1) is 21.1. The van der Waals surface area contributed by atoms with Gasteiger partial charge in [0.15, 0.2) is 5.58 Å². The van der Waals surface area contributed by atoms with Crippen molar-refractivity contribution in [2.45, 2.75) is 30.5 Å². The summed E-state index contributed by atoms with van der Waals surface area (Å²) in [6.45, 7) is -0.687. The van der Waals surface area contributed by atoms with E-state index in [1.54, 1.807) is 0 Å². The minimum absolute atomic E-state index is 0.00778. The SMILES string of the molecule is O=c1c(-c2ccc(O)cc2)coc2c([C@@H]3O[C@H](CO)[C@@H](O)[C@H](O)[C@H]3O)c(O)cc(O)c12. The molecule has 0 bridgehead atoms. The summed E-state index contributed by atoms with van der Waals surface area (Å²) in [5.74, 6) is -1.18. The summed E-state index contributed by atoms with van der Waals surface area (Å²) in [7, 11) is 0. The molecular weight excluding hydrogens is 412 g/mol. The number of hydrogen-bond donors (Lipinski definition) is 7. The first-order valence-electron chi connectivity index (χ1n) is 9.34. The van der Waals surface area contributed by atoms with Gasteiger partial charge < -0.3 is 44.9 Å². The molecule has 0 spiro atoms. The summed E-state index contributed by atoms with van der Waals surface area (Å²) in [5.41, 5.74) is -0.729. The standard InChI is InChI=1S/C21H20O10/c22-6-13-17(27)18(28)19(29)21(31-13)15-12(25)5-11(24)14-16(26)10(7-30-20(14)15)8-1-3-9(23)4-2-8/h1-5,7,13,17-19,21-25,27-29H,6H2/t13-,17-,18+,19-,21+/m1/s1. The van der Waals surface area contributed by atoms with Gasteiger partial charge in [-0.25, -0.2) is 0 Å². The Bertz CT molecular complexity index is 1170. The van der Waals surface area contributed by atoms with Gasteiger partial charge in [0.1, 0.15) is 59.4 Å². The molecule has 7 N–H and O–H groups in total. The molecule has 0 radical (unpaired) electrons. The minimum atomic E-state index is -1.74. The van der Waals surface area contributed by atoms with Crippen LogP contribution in [0.3, 0.4) is 0 Å². The molecule has 2 heterocycles. The molecule has 0 aliphatic carbocycles. The number of phenolic OH excluding ortho intramolecular Hbond substituents is 3. The summed E-state index contributed by atoms with van der Waals surface area (Å²) in [5, 5.41) is 69.8. The zero-order chi connectivity index (χ0) is 22.4. The minimum Gasteiger partial charge on any atom is -0.508 e. The Kier molecular flexibility index (Phi) is 5.33. The molecule has 31 heavy (non-hydrogen) atoms. The molecule has 3 aromatic rings. The number of aromatic hydroxyl groups is 3. The summed E-state index contributed by atoms with van der Waals surface area (Å²) < 4.78 is 11.0. The number of phenols is 3. The van der Waals surface area contributed by atoms with Crippen molar-refractivity contribution in [3.05, 3.63) is 52.4 Å². The van der Waals surface area contributed by atoms with Gasteiger partial charge in [-0.3, -0.25) is 4.79 Å². The Morgan fingerprint density at radius 1 is 0.903 bits per heavy atom. The van der Waals surface area contributed by atoms with Crippen LogP contribution in [-0.4, -0.2) is 66.8 Å². The van der Waals surface area contributed by atoms with Gasteiger partial charge in [0.2, 0.25) is 5.43 Å². The van der Waals surface area contributed by atoms with Crippen LogP contribution in [0.4, 0.5) is 0 Å². The van der Waals surface area contributed by atoms with Crippen molar-refractivity contribution < 1.29 is 44.9 Å². The summed E-state index contributed by atoms with van der Waals surface area (Å²) in [6, 6.07) is 6.56. The van der Waals surface area contributed by atoms with E-state index < -0.39 is 54.1 Å². The predicted octanol–water partition coefficient (Wildman–Crippen LogP) is 0.0917. The summed E-state index contributed by atoms with van der Waals surface area (Å²) in [4.78, 5) is 13.1. The van der Waals surface area contributed by atoms with Crippen molar-refractivity contribution >= 4 is 11.0 Å². The summed E-state index contributed by atoms with van der Waals surface area (Å²) in [6.07, 6.45) is -6.73. The maximum atomic E-state index is 13.1. The number of fused-ring (bicyclic) bond motifs is 1. The third kappa shape index (κ3) is 3.40. The lowest BCUT2D eigenvalue weighted by molar-refractivity contribution is -0.231. The Morgan fingerprint density at radius 2 is 1.58 bits per heavy atom. The second kappa shape index (κ2) is 7.84. The molecule has 0 amide bonds. The van der Waals surface area contributed by atoms with Gasteiger partial charge >= 0.3 is 0 Å². The average Bonchev–Trinajstić information content (AvgIpc) is 2.74. The van der Waals surface area contributed by atoms with Gasteiger partial charge in [-0.15, -0.1) is 0 Å². The van der Waals surface area contributed by atoms with E-state index in [-0.39, 0.29) is 27.8 Å². The largest absolute Gasteiger partial charge is 0.508 e. The maximum Gasteiger partial charge on any atom is 0.204 e. The number of hydrogen-bond acceptors (Lipinski definition) is 10. The van der Waals surface area contributed by atoms with Crippen LogP contribution in [-0.2, 0) is 4.74 Å². The molecule has 5 atom stereocenters. The van der Waals surface area contributed by atoms with Gasteiger partial charge in [-0.1, -0.05) is 12.1 Å². The monoisotopic (exact) mass is 432 g/mol. The van der Waals surface area contributed by atoms with Gasteiger partial charge in [-0.2, -0.15) is 0 Å². The zero-order valence-corrected chi connectivity index (χ0v) is 15.9. The lowest BCUT2D eigenvalue weighted by Crippen LogP contribution is -2.55. The number of benzene rings is 2. The van der Waals surface area contributed by atoms with Crippen molar-refractivity contribution in [3.63, 3.8) is 0 Å². The fourth-order valence-corrected chi connectivity index (χ4v) is 3.75. The molecule has 1 aromatic heterocycles. The maximum absolute atomic E-state index is 13.1. The molecule has 1 saturated heterocycles. The Morgan fingerprint density at radius 3 is 2.23 bits per heavy atom. The molecule has 164 valence electrons. The molecule has 10 nitrogen and oxygen atoms in total. The van der Waals surface area contributed by atoms with Crippen LogP contribution in [0.15, 0.2) is 45.8 Å². The molecule has 1 aliphatic heterocycles. The highest BCUT2D eigenvalue weighted by atomic mass is 16.5. The van der Waals surface area contributed by atoms with Gasteiger partial charge in [0, 0.05) is 6.07 Å². The van der Waals surface area contributed by atoms with E-state index >= 15 is 0 Å². The van der Waals surface area contributed by atoms with E-state index in [0.717, 1.165) is 12.3 Å². The molecule has 10 heteroatoms. The summed E-state index contributed by atoms with van der Waals surface area (Å²) >= 11 is 0. The van der Waals surface area contributed by atoms with Crippen LogP contribution in [0.5, 0.6) is 17.2 Å².